The van der Waals surface area contributed by atoms with Gasteiger partial charge in [0.05, 0.1) is 34.6 Å². The highest BCUT2D eigenvalue weighted by Crippen LogP contribution is 2.32. The van der Waals surface area contributed by atoms with E-state index in [1.54, 1.807) is 11.2 Å². The Balaban J connectivity index is 1.53. The van der Waals surface area contributed by atoms with E-state index in [0.29, 0.717) is 11.6 Å². The number of fused-ring (bicyclic) bond motifs is 1. The molecule has 0 bridgehead atoms. The molecule has 4 aromatic rings. The van der Waals surface area contributed by atoms with E-state index >= 15 is 0 Å². The third-order valence-electron chi connectivity index (χ3n) is 6.09. The highest BCUT2D eigenvalue weighted by atomic mass is 35.5. The summed E-state index contributed by atoms with van der Waals surface area (Å²) in [5.74, 6) is -0.724. The lowest BCUT2D eigenvalue weighted by Crippen LogP contribution is -2.32. The van der Waals surface area contributed by atoms with E-state index < -0.39 is 53.6 Å². The highest BCUT2D eigenvalue weighted by molar-refractivity contribution is 6.32. The van der Waals surface area contributed by atoms with E-state index in [-0.39, 0.29) is 46.9 Å². The van der Waals surface area contributed by atoms with Crippen molar-refractivity contribution in [2.24, 2.45) is 0 Å². The Labute approximate surface area is 231 Å². The van der Waals surface area contributed by atoms with Gasteiger partial charge in [0.25, 0.3) is 11.1 Å². The van der Waals surface area contributed by atoms with Crippen molar-refractivity contribution in [3.63, 3.8) is 0 Å². The fourth-order valence-electron chi connectivity index (χ4n) is 4.19. The third-order valence-corrected chi connectivity index (χ3v) is 6.41. The van der Waals surface area contributed by atoms with E-state index in [0.717, 1.165) is 6.07 Å². The molecule has 4 N–H and O–H groups in total. The molecule has 16 heteroatoms. The molecule has 0 aliphatic rings. The molecular formula is C25H21ClF6N6O3. The Bertz CT molecular complexity index is 1680. The number of benzene rings is 1. The molecule has 0 spiro atoms. The zero-order valence-electron chi connectivity index (χ0n) is 20.8. The molecule has 9 nitrogen and oxygen atoms in total. The molecule has 1 aromatic carbocycles. The number of halogens is 7. The minimum Gasteiger partial charge on any atom is -0.382 e. The van der Waals surface area contributed by atoms with Gasteiger partial charge in [0.15, 0.2) is 0 Å². The first kappa shape index (κ1) is 29.9. The number of nitrogens with two attached hydrogens (primary N) is 1. The second-order valence-electron chi connectivity index (χ2n) is 8.86. The van der Waals surface area contributed by atoms with Crippen molar-refractivity contribution in [1.29, 1.82) is 0 Å². The number of hydrogen-bond donors (Lipinski definition) is 3. The lowest BCUT2D eigenvalue weighted by molar-refractivity contribution is -0.138. The van der Waals surface area contributed by atoms with Crippen molar-refractivity contribution in [3.05, 3.63) is 79.8 Å². The van der Waals surface area contributed by atoms with E-state index in [2.05, 4.69) is 20.1 Å². The van der Waals surface area contributed by atoms with Crippen molar-refractivity contribution in [3.8, 4) is 11.3 Å². The first-order valence-electron chi connectivity index (χ1n) is 11.9. The van der Waals surface area contributed by atoms with Crippen LogP contribution >= 0.6 is 11.6 Å². The van der Waals surface area contributed by atoms with Gasteiger partial charge in [-0.2, -0.15) is 27.1 Å². The van der Waals surface area contributed by atoms with Crippen LogP contribution in [0.5, 0.6) is 0 Å². The van der Waals surface area contributed by atoms with E-state index in [1.807, 2.05) is 0 Å². The Kier molecular flexibility index (Phi) is 8.87. The van der Waals surface area contributed by atoms with E-state index in [9.17, 15) is 35.9 Å². The number of H-pyrrole nitrogens is 1. The van der Waals surface area contributed by atoms with Gasteiger partial charge in [-0.25, -0.2) is 14.5 Å². The van der Waals surface area contributed by atoms with Gasteiger partial charge in [-0.05, 0) is 48.6 Å². The van der Waals surface area contributed by atoms with Gasteiger partial charge in [0, 0.05) is 24.3 Å². The van der Waals surface area contributed by atoms with Crippen LogP contribution in [-0.4, -0.2) is 39.0 Å². The smallest absolute Gasteiger partial charge is 0.382 e. The number of aromatic nitrogens is 4. The number of nitrogens with one attached hydrogen (secondary N) is 2. The maximum atomic E-state index is 15.0. The summed E-state index contributed by atoms with van der Waals surface area (Å²) in [6.07, 6.45) is -2.82. The number of nitrogen functional groups attached to an aromatic ring is 1. The van der Waals surface area contributed by atoms with Gasteiger partial charge in [-0.1, -0.05) is 11.6 Å². The average Bonchev–Trinajstić information content (AvgIpc) is 2.89. The number of alkyl halides is 5. The van der Waals surface area contributed by atoms with Crippen LogP contribution in [0.2, 0.25) is 5.02 Å². The second kappa shape index (κ2) is 12.2. The molecule has 1 atom stereocenters. The third kappa shape index (κ3) is 6.97. The van der Waals surface area contributed by atoms with Crippen LogP contribution in [-0.2, 0) is 17.5 Å². The second-order valence-corrected chi connectivity index (χ2v) is 9.27. The first-order chi connectivity index (χ1) is 19.3. The van der Waals surface area contributed by atoms with Crippen molar-refractivity contribution < 1.29 is 31.1 Å². The minimum absolute atomic E-state index is 0.00998. The summed E-state index contributed by atoms with van der Waals surface area (Å²) in [5.41, 5.74) is 1.67. The number of aromatic amines is 1. The molecule has 0 saturated heterocycles. The Hall–Kier alpha value is -4.11. The standard InChI is InChI=1S/C25H21ClF6N6O3/c26-16-3-4-18(36-21(16)33)15-8-12-5-7-38(23(40)14(12)9-17(15)27)6-1-2-13(11-41-24(28)29)35-19-10-34-37-22(39)20(19)25(30,31)32/h3-5,7-10,13,24H,1-2,6,11H2,(H2,33,36)(H2,35,37,39)/t13-/m1/s1. The summed E-state index contributed by atoms with van der Waals surface area (Å²) in [6, 6.07) is 5.88. The van der Waals surface area contributed by atoms with Crippen LogP contribution in [0, 0.1) is 5.82 Å². The fraction of sp³-hybridized carbons (Fsp3) is 0.280. The largest absolute Gasteiger partial charge is 0.423 e. The number of rotatable bonds is 10. The van der Waals surface area contributed by atoms with Crippen LogP contribution in [0.4, 0.5) is 37.8 Å². The van der Waals surface area contributed by atoms with Gasteiger partial charge in [0.1, 0.15) is 17.2 Å². The predicted molar refractivity (Wildman–Crippen MR) is 139 cm³/mol. The van der Waals surface area contributed by atoms with E-state index in [1.165, 1.54) is 29.0 Å². The molecule has 4 rings (SSSR count). The maximum Gasteiger partial charge on any atom is 0.423 e. The van der Waals surface area contributed by atoms with Gasteiger partial charge < -0.3 is 20.4 Å². The predicted octanol–water partition coefficient (Wildman–Crippen LogP) is 5.04. The van der Waals surface area contributed by atoms with Gasteiger partial charge >= 0.3 is 12.8 Å². The van der Waals surface area contributed by atoms with Gasteiger partial charge in [0.2, 0.25) is 0 Å². The van der Waals surface area contributed by atoms with Crippen molar-refractivity contribution >= 4 is 33.9 Å². The van der Waals surface area contributed by atoms with E-state index in [4.69, 9.17) is 17.3 Å². The number of aryl methyl sites for hydroxylation is 1. The maximum absolute atomic E-state index is 15.0. The Morgan fingerprint density at radius 2 is 1.93 bits per heavy atom. The lowest BCUT2D eigenvalue weighted by Gasteiger charge is -2.22. The molecule has 3 heterocycles. The van der Waals surface area contributed by atoms with Crippen molar-refractivity contribution in [2.45, 2.75) is 38.2 Å². The molecule has 0 aliphatic heterocycles. The summed E-state index contributed by atoms with van der Waals surface area (Å²) in [4.78, 5) is 28.8. The molecule has 0 fully saturated rings. The molecule has 0 unspecified atom stereocenters. The zero-order valence-corrected chi connectivity index (χ0v) is 21.6. The van der Waals surface area contributed by atoms with Gasteiger partial charge in [-0.3, -0.25) is 9.59 Å². The summed E-state index contributed by atoms with van der Waals surface area (Å²) < 4.78 is 86.0. The number of pyridine rings is 2. The molecule has 3 aromatic heterocycles. The summed E-state index contributed by atoms with van der Waals surface area (Å²) in [5, 5.41) is 8.07. The SMILES string of the molecule is Nc1nc(-c2cc3ccn(CCC[C@H](COC(F)F)Nc4cn[nH]c(=O)c4C(F)(F)F)c(=O)c3cc2F)ccc1Cl. The number of hydrogen-bond acceptors (Lipinski definition) is 7. The first-order valence-corrected chi connectivity index (χ1v) is 12.3. The minimum atomic E-state index is -5.04. The topological polar surface area (TPSA) is 128 Å². The average molecular weight is 603 g/mol. The Morgan fingerprint density at radius 3 is 2.61 bits per heavy atom. The number of ether oxygens (including phenoxy) is 1. The fourth-order valence-corrected chi connectivity index (χ4v) is 4.29. The molecule has 0 radical (unpaired) electrons. The monoisotopic (exact) mass is 602 g/mol. The highest BCUT2D eigenvalue weighted by Gasteiger charge is 2.37. The van der Waals surface area contributed by atoms with Gasteiger partial charge in [-0.15, -0.1) is 0 Å². The van der Waals surface area contributed by atoms with Crippen LogP contribution in [0.1, 0.15) is 18.4 Å². The Morgan fingerprint density at radius 1 is 1.17 bits per heavy atom. The molecule has 0 amide bonds. The van der Waals surface area contributed by atoms with Crippen LogP contribution < -0.4 is 22.2 Å². The number of nitrogens with zero attached hydrogens (tertiary/aromatic N) is 3. The van der Waals surface area contributed by atoms with Crippen LogP contribution in [0.25, 0.3) is 22.0 Å². The summed E-state index contributed by atoms with van der Waals surface area (Å²) >= 11 is 5.87. The molecule has 41 heavy (non-hydrogen) atoms. The van der Waals surface area contributed by atoms with Crippen molar-refractivity contribution in [1.82, 2.24) is 19.7 Å². The normalized spacial score (nSPS) is 12.7. The lowest BCUT2D eigenvalue weighted by atomic mass is 10.0. The number of anilines is 2. The van der Waals surface area contributed by atoms with Crippen LogP contribution in [0.3, 0.4) is 0 Å². The quantitative estimate of drug-likeness (QED) is 0.217. The summed E-state index contributed by atoms with van der Waals surface area (Å²) in [7, 11) is 0. The summed E-state index contributed by atoms with van der Waals surface area (Å²) in [6.45, 7) is -3.88. The van der Waals surface area contributed by atoms with Crippen molar-refractivity contribution in [2.75, 3.05) is 17.7 Å². The van der Waals surface area contributed by atoms with Crippen LogP contribution in [0.15, 0.2) is 52.3 Å². The molecule has 218 valence electrons. The zero-order chi connectivity index (χ0) is 29.9. The molecule has 0 saturated carbocycles. The molecule has 0 aliphatic carbocycles. The molecular weight excluding hydrogens is 582 g/mol.